The summed E-state index contributed by atoms with van der Waals surface area (Å²) in [7, 11) is 2.75. The van der Waals surface area contributed by atoms with Crippen molar-refractivity contribution in [2.75, 3.05) is 32.2 Å². The molecule has 0 aromatic carbocycles. The number of nitrogens with one attached hydrogen (secondary N) is 2. The molecule has 0 bridgehead atoms. The zero-order valence-electron chi connectivity index (χ0n) is 10.8. The molecule has 1 amide bonds. The van der Waals surface area contributed by atoms with Crippen LogP contribution in [-0.2, 0) is 4.74 Å². The van der Waals surface area contributed by atoms with E-state index in [1.54, 1.807) is 0 Å². The van der Waals surface area contributed by atoms with Crippen LogP contribution >= 0.6 is 0 Å². The van der Waals surface area contributed by atoms with Gasteiger partial charge in [0.05, 0.1) is 26.6 Å². The van der Waals surface area contributed by atoms with Crippen LogP contribution in [-0.4, -0.2) is 49.4 Å². The van der Waals surface area contributed by atoms with Gasteiger partial charge in [0.1, 0.15) is 0 Å². The number of anilines is 1. The van der Waals surface area contributed by atoms with E-state index in [1.807, 2.05) is 4.90 Å². The normalized spacial score (nSPS) is 18.2. The molecule has 2 heterocycles. The van der Waals surface area contributed by atoms with Gasteiger partial charge in [-0.05, 0) is 6.42 Å². The summed E-state index contributed by atoms with van der Waals surface area (Å²) in [6.07, 6.45) is 1.63. The van der Waals surface area contributed by atoms with Crippen LogP contribution in [0.2, 0.25) is 0 Å². The Morgan fingerprint density at radius 1 is 1.58 bits per heavy atom. The highest BCUT2D eigenvalue weighted by molar-refractivity contribution is 5.67. The predicted molar refractivity (Wildman–Crippen MR) is 67.6 cm³/mol. The Bertz CT molecular complexity index is 516. The summed E-state index contributed by atoms with van der Waals surface area (Å²) in [6.45, 7) is 1.24. The van der Waals surface area contributed by atoms with Crippen molar-refractivity contribution in [3.63, 3.8) is 0 Å². The van der Waals surface area contributed by atoms with Crippen LogP contribution in [0.3, 0.4) is 0 Å². The summed E-state index contributed by atoms with van der Waals surface area (Å²) in [4.78, 5) is 31.2. The van der Waals surface area contributed by atoms with E-state index in [-0.39, 0.29) is 17.4 Å². The van der Waals surface area contributed by atoms with E-state index in [0.717, 1.165) is 6.42 Å². The third-order valence-electron chi connectivity index (χ3n) is 2.99. The topological polar surface area (TPSA) is 96.5 Å². The number of methoxy groups -OCH3 is 2. The third-order valence-corrected chi connectivity index (χ3v) is 2.99. The minimum atomic E-state index is -0.460. The minimum Gasteiger partial charge on any atom is -0.489 e. The molecule has 1 unspecified atom stereocenters. The van der Waals surface area contributed by atoms with Crippen LogP contribution in [0.4, 0.5) is 10.6 Å². The number of alkyl carbamates (subject to hydrolysis) is 1. The fraction of sp³-hybridized carbons (Fsp3) is 0.545. The largest absolute Gasteiger partial charge is 0.489 e. The lowest BCUT2D eigenvalue weighted by Gasteiger charge is -2.19. The number of carbonyl (C=O) groups is 1. The summed E-state index contributed by atoms with van der Waals surface area (Å²) < 4.78 is 9.62. The molecule has 2 rings (SSSR count). The van der Waals surface area contributed by atoms with E-state index in [0.29, 0.717) is 18.9 Å². The second-order valence-electron chi connectivity index (χ2n) is 4.16. The van der Waals surface area contributed by atoms with Gasteiger partial charge in [0.2, 0.25) is 5.75 Å². The first-order valence-electron chi connectivity index (χ1n) is 5.86. The van der Waals surface area contributed by atoms with Crippen LogP contribution in [0.1, 0.15) is 6.42 Å². The molecule has 0 spiro atoms. The highest BCUT2D eigenvalue weighted by atomic mass is 16.5. The Morgan fingerprint density at radius 2 is 2.37 bits per heavy atom. The summed E-state index contributed by atoms with van der Waals surface area (Å²) in [5, 5.41) is 2.72. The van der Waals surface area contributed by atoms with Crippen LogP contribution < -0.4 is 20.5 Å². The minimum absolute atomic E-state index is 0.0294. The van der Waals surface area contributed by atoms with Gasteiger partial charge in [0.25, 0.3) is 5.56 Å². The smallest absolute Gasteiger partial charge is 0.407 e. The molecule has 19 heavy (non-hydrogen) atoms. The number of rotatable bonds is 3. The maximum Gasteiger partial charge on any atom is 0.407 e. The molecule has 8 heteroatoms. The van der Waals surface area contributed by atoms with Gasteiger partial charge in [-0.2, -0.15) is 0 Å². The monoisotopic (exact) mass is 268 g/mol. The van der Waals surface area contributed by atoms with Gasteiger partial charge in [0, 0.05) is 13.1 Å². The molecule has 1 aliphatic rings. The van der Waals surface area contributed by atoms with E-state index in [9.17, 15) is 9.59 Å². The first kappa shape index (κ1) is 13.2. The first-order valence-corrected chi connectivity index (χ1v) is 5.86. The number of hydrogen-bond acceptors (Lipinski definition) is 6. The summed E-state index contributed by atoms with van der Waals surface area (Å²) in [6, 6.07) is -0.0294. The van der Waals surface area contributed by atoms with Crippen molar-refractivity contribution >= 4 is 11.9 Å². The maximum absolute atomic E-state index is 11.6. The van der Waals surface area contributed by atoms with Crippen LogP contribution in [0.25, 0.3) is 0 Å². The molecular formula is C11H16N4O4. The number of ether oxygens (including phenoxy) is 2. The number of aromatic nitrogens is 2. The molecule has 0 radical (unpaired) electrons. The van der Waals surface area contributed by atoms with Crippen molar-refractivity contribution in [2.45, 2.75) is 12.5 Å². The second kappa shape index (κ2) is 5.59. The number of carbonyl (C=O) groups excluding carboxylic acids is 1. The fourth-order valence-electron chi connectivity index (χ4n) is 2.08. The molecule has 1 atom stereocenters. The highest BCUT2D eigenvalue weighted by Gasteiger charge is 2.27. The summed E-state index contributed by atoms with van der Waals surface area (Å²) in [5.74, 6) is 0.668. The van der Waals surface area contributed by atoms with Crippen LogP contribution in [0, 0.1) is 0 Å². The molecule has 0 aliphatic carbocycles. The van der Waals surface area contributed by atoms with Crippen molar-refractivity contribution in [3.05, 3.63) is 16.7 Å². The van der Waals surface area contributed by atoms with E-state index in [1.165, 1.54) is 20.5 Å². The third kappa shape index (κ3) is 2.78. The number of H-pyrrole nitrogens is 1. The first-order chi connectivity index (χ1) is 9.15. The number of aromatic amines is 1. The number of hydrogen-bond donors (Lipinski definition) is 2. The van der Waals surface area contributed by atoms with Crippen LogP contribution in [0.5, 0.6) is 5.75 Å². The molecule has 8 nitrogen and oxygen atoms in total. The Balaban J connectivity index is 2.11. The van der Waals surface area contributed by atoms with Gasteiger partial charge in [-0.1, -0.05) is 0 Å². The Hall–Kier alpha value is -2.25. The van der Waals surface area contributed by atoms with Crippen LogP contribution in [0.15, 0.2) is 11.1 Å². The van der Waals surface area contributed by atoms with Gasteiger partial charge in [-0.25, -0.2) is 9.78 Å². The zero-order chi connectivity index (χ0) is 13.8. The van der Waals surface area contributed by atoms with Gasteiger partial charge in [-0.15, -0.1) is 0 Å². The zero-order valence-corrected chi connectivity index (χ0v) is 10.8. The van der Waals surface area contributed by atoms with Crippen molar-refractivity contribution in [1.29, 1.82) is 0 Å². The molecule has 104 valence electrons. The molecule has 1 aromatic heterocycles. The lowest BCUT2D eigenvalue weighted by atomic mass is 10.3. The molecule has 0 saturated carbocycles. The SMILES string of the molecule is COC(=O)NC1CCN(c2nc[nH]c(=O)c2OC)C1. The lowest BCUT2D eigenvalue weighted by molar-refractivity contribution is 0.167. The van der Waals surface area contributed by atoms with Gasteiger partial charge in [-0.3, -0.25) is 4.79 Å². The van der Waals surface area contributed by atoms with Gasteiger partial charge < -0.3 is 24.7 Å². The summed E-state index contributed by atoms with van der Waals surface area (Å²) in [5.41, 5.74) is -0.322. The van der Waals surface area contributed by atoms with E-state index in [2.05, 4.69) is 20.0 Å². The molecular weight excluding hydrogens is 252 g/mol. The molecule has 1 aliphatic heterocycles. The van der Waals surface area contributed by atoms with E-state index >= 15 is 0 Å². The Labute approximate surface area is 109 Å². The van der Waals surface area contributed by atoms with E-state index < -0.39 is 6.09 Å². The predicted octanol–water partition coefficient (Wildman–Crippen LogP) is -0.287. The Morgan fingerprint density at radius 3 is 3.05 bits per heavy atom. The van der Waals surface area contributed by atoms with E-state index in [4.69, 9.17) is 4.74 Å². The Kier molecular flexibility index (Phi) is 3.88. The molecule has 2 N–H and O–H groups in total. The van der Waals surface area contributed by atoms with Crippen molar-refractivity contribution < 1.29 is 14.3 Å². The average molecular weight is 268 g/mol. The quantitative estimate of drug-likeness (QED) is 0.782. The van der Waals surface area contributed by atoms with Gasteiger partial charge in [0.15, 0.2) is 5.82 Å². The second-order valence-corrected chi connectivity index (χ2v) is 4.16. The number of nitrogens with zero attached hydrogens (tertiary/aromatic N) is 2. The molecule has 1 aromatic rings. The summed E-state index contributed by atoms with van der Waals surface area (Å²) >= 11 is 0. The molecule has 1 saturated heterocycles. The number of amides is 1. The highest BCUT2D eigenvalue weighted by Crippen LogP contribution is 2.24. The molecule has 1 fully saturated rings. The standard InChI is InChI=1S/C11H16N4O4/c1-18-8-9(12-6-13-10(8)16)15-4-3-7(5-15)14-11(17)19-2/h6-7H,3-5H2,1-2H3,(H,14,17)(H,12,13,16). The van der Waals surface area contributed by atoms with Crippen molar-refractivity contribution in [3.8, 4) is 5.75 Å². The lowest BCUT2D eigenvalue weighted by Crippen LogP contribution is -2.37. The fourth-order valence-corrected chi connectivity index (χ4v) is 2.08. The van der Waals surface area contributed by atoms with Gasteiger partial charge >= 0.3 is 6.09 Å². The van der Waals surface area contributed by atoms with Crippen molar-refractivity contribution in [1.82, 2.24) is 15.3 Å². The van der Waals surface area contributed by atoms with Crippen molar-refractivity contribution in [2.24, 2.45) is 0 Å². The maximum atomic E-state index is 11.6. The average Bonchev–Trinajstić information content (AvgIpc) is 2.86.